The summed E-state index contributed by atoms with van der Waals surface area (Å²) in [6, 6.07) is 2.63. The van der Waals surface area contributed by atoms with E-state index in [4.69, 9.17) is 4.74 Å². The van der Waals surface area contributed by atoms with Crippen LogP contribution in [-0.2, 0) is 22.5 Å². The Morgan fingerprint density at radius 3 is 2.86 bits per heavy atom. The van der Waals surface area contributed by atoms with Gasteiger partial charge in [0.1, 0.15) is 5.82 Å². The van der Waals surface area contributed by atoms with Crippen LogP contribution >= 0.6 is 0 Å². The van der Waals surface area contributed by atoms with E-state index in [1.54, 1.807) is 7.11 Å². The normalized spacial score (nSPS) is 22.3. The lowest BCUT2D eigenvalue weighted by Gasteiger charge is -2.42. The van der Waals surface area contributed by atoms with E-state index < -0.39 is 0 Å². The van der Waals surface area contributed by atoms with Gasteiger partial charge in [0.2, 0.25) is 5.91 Å². The highest BCUT2D eigenvalue weighted by molar-refractivity contribution is 5.78. The highest BCUT2D eigenvalue weighted by Gasteiger charge is 2.31. The second-order valence-electron chi connectivity index (χ2n) is 7.94. The standard InChI is InChI=1S/C21H35N5O2/c1-3-20-22-9-6-18(24-20)16-25-12-7-19(8-13-25)26-11-4-5-17(15-26)21(27)23-10-14-28-2/h6,9,17,19H,3-5,7-8,10-16H2,1-2H3,(H,23,27)/t17-/m0/s1. The zero-order chi connectivity index (χ0) is 19.8. The van der Waals surface area contributed by atoms with Crippen molar-refractivity contribution in [2.24, 2.45) is 5.92 Å². The van der Waals surface area contributed by atoms with E-state index in [-0.39, 0.29) is 11.8 Å². The zero-order valence-corrected chi connectivity index (χ0v) is 17.4. The van der Waals surface area contributed by atoms with E-state index in [1.165, 1.54) is 12.8 Å². The first-order chi connectivity index (χ1) is 13.7. The number of hydrogen-bond acceptors (Lipinski definition) is 6. The summed E-state index contributed by atoms with van der Waals surface area (Å²) in [6.45, 7) is 8.39. The molecule has 0 spiro atoms. The molecule has 1 N–H and O–H groups in total. The Hall–Kier alpha value is -1.57. The van der Waals surface area contributed by atoms with Crippen molar-refractivity contribution in [1.29, 1.82) is 0 Å². The van der Waals surface area contributed by atoms with Crippen LogP contribution in [0.5, 0.6) is 0 Å². The van der Waals surface area contributed by atoms with Crippen LogP contribution in [0.25, 0.3) is 0 Å². The summed E-state index contributed by atoms with van der Waals surface area (Å²) in [5, 5.41) is 3.01. The van der Waals surface area contributed by atoms with Crippen LogP contribution in [0.15, 0.2) is 12.3 Å². The molecular weight excluding hydrogens is 354 g/mol. The number of aryl methyl sites for hydroxylation is 1. The minimum Gasteiger partial charge on any atom is -0.383 e. The van der Waals surface area contributed by atoms with Crippen LogP contribution in [-0.4, -0.2) is 78.2 Å². The largest absolute Gasteiger partial charge is 0.383 e. The molecule has 1 amide bonds. The molecule has 1 aromatic heterocycles. The molecule has 7 nitrogen and oxygen atoms in total. The fraction of sp³-hybridized carbons (Fsp3) is 0.762. The molecule has 7 heteroatoms. The summed E-state index contributed by atoms with van der Waals surface area (Å²) in [5.41, 5.74) is 1.12. The number of nitrogens with one attached hydrogen (secondary N) is 1. The van der Waals surface area contributed by atoms with Gasteiger partial charge in [0.25, 0.3) is 0 Å². The molecule has 156 valence electrons. The molecule has 0 aromatic carbocycles. The van der Waals surface area contributed by atoms with Gasteiger partial charge in [-0.3, -0.25) is 14.6 Å². The minimum absolute atomic E-state index is 0.122. The molecule has 2 aliphatic rings. The van der Waals surface area contributed by atoms with Crippen molar-refractivity contribution in [3.8, 4) is 0 Å². The van der Waals surface area contributed by atoms with Gasteiger partial charge in [0.15, 0.2) is 0 Å². The maximum Gasteiger partial charge on any atom is 0.224 e. The lowest BCUT2D eigenvalue weighted by Crippen LogP contribution is -2.50. The van der Waals surface area contributed by atoms with Gasteiger partial charge >= 0.3 is 0 Å². The summed E-state index contributed by atoms with van der Waals surface area (Å²) in [4.78, 5) is 26.4. The average molecular weight is 390 g/mol. The summed E-state index contributed by atoms with van der Waals surface area (Å²) < 4.78 is 5.02. The summed E-state index contributed by atoms with van der Waals surface area (Å²) in [7, 11) is 1.66. The minimum atomic E-state index is 0.122. The molecule has 2 aliphatic heterocycles. The fourth-order valence-corrected chi connectivity index (χ4v) is 4.34. The fourth-order valence-electron chi connectivity index (χ4n) is 4.34. The van der Waals surface area contributed by atoms with Crippen LogP contribution < -0.4 is 5.32 Å². The quantitative estimate of drug-likeness (QED) is 0.679. The highest BCUT2D eigenvalue weighted by Crippen LogP contribution is 2.24. The number of rotatable bonds is 8. The Bertz CT molecular complexity index is 619. The van der Waals surface area contributed by atoms with Gasteiger partial charge in [0.05, 0.1) is 18.2 Å². The van der Waals surface area contributed by atoms with Crippen LogP contribution in [0, 0.1) is 5.92 Å². The summed E-state index contributed by atoms with van der Waals surface area (Å²) in [5.74, 6) is 1.24. The van der Waals surface area contributed by atoms with E-state index in [0.29, 0.717) is 19.2 Å². The Balaban J connectivity index is 1.44. The number of carbonyl (C=O) groups excluding carboxylic acids is 1. The predicted octanol–water partition coefficient (Wildman–Crippen LogP) is 1.48. The molecule has 3 rings (SSSR count). The van der Waals surface area contributed by atoms with E-state index in [9.17, 15) is 4.79 Å². The number of methoxy groups -OCH3 is 1. The average Bonchev–Trinajstić information content (AvgIpc) is 2.74. The van der Waals surface area contributed by atoms with Crippen LogP contribution in [0.3, 0.4) is 0 Å². The molecule has 0 bridgehead atoms. The molecule has 0 saturated carbocycles. The summed E-state index contributed by atoms with van der Waals surface area (Å²) in [6.07, 6.45) is 7.21. The second kappa shape index (κ2) is 10.8. The number of piperidine rings is 2. The molecule has 2 saturated heterocycles. The van der Waals surface area contributed by atoms with Gasteiger partial charge < -0.3 is 10.1 Å². The van der Waals surface area contributed by atoms with Crippen LogP contribution in [0.4, 0.5) is 0 Å². The number of aromatic nitrogens is 2. The van der Waals surface area contributed by atoms with Gasteiger partial charge in [0, 0.05) is 58.5 Å². The summed E-state index contributed by atoms with van der Waals surface area (Å²) >= 11 is 0. The molecular formula is C21H35N5O2. The van der Waals surface area contributed by atoms with Crippen LogP contribution in [0.2, 0.25) is 0 Å². The smallest absolute Gasteiger partial charge is 0.224 e. The third-order valence-corrected chi connectivity index (χ3v) is 5.97. The monoisotopic (exact) mass is 389 g/mol. The number of hydrogen-bond donors (Lipinski definition) is 1. The van der Waals surface area contributed by atoms with Gasteiger partial charge in [-0.05, 0) is 38.3 Å². The van der Waals surface area contributed by atoms with Gasteiger partial charge in [-0.2, -0.15) is 0 Å². The van der Waals surface area contributed by atoms with Crippen molar-refractivity contribution in [2.45, 2.75) is 51.6 Å². The molecule has 2 fully saturated rings. The maximum absolute atomic E-state index is 12.4. The van der Waals surface area contributed by atoms with Crippen molar-refractivity contribution in [3.63, 3.8) is 0 Å². The predicted molar refractivity (Wildman–Crippen MR) is 109 cm³/mol. The maximum atomic E-state index is 12.4. The van der Waals surface area contributed by atoms with E-state index >= 15 is 0 Å². The lowest BCUT2D eigenvalue weighted by atomic mass is 9.93. The van der Waals surface area contributed by atoms with E-state index in [2.05, 4.69) is 32.0 Å². The first-order valence-electron chi connectivity index (χ1n) is 10.7. The number of likely N-dealkylation sites (tertiary alicyclic amines) is 2. The third-order valence-electron chi connectivity index (χ3n) is 5.97. The topological polar surface area (TPSA) is 70.6 Å². The number of nitrogens with zero attached hydrogens (tertiary/aromatic N) is 4. The lowest BCUT2D eigenvalue weighted by molar-refractivity contribution is -0.127. The Morgan fingerprint density at radius 1 is 1.29 bits per heavy atom. The van der Waals surface area contributed by atoms with Crippen molar-refractivity contribution in [1.82, 2.24) is 25.1 Å². The second-order valence-corrected chi connectivity index (χ2v) is 7.94. The van der Waals surface area contributed by atoms with E-state index in [1.807, 2.05) is 12.3 Å². The van der Waals surface area contributed by atoms with Crippen molar-refractivity contribution in [3.05, 3.63) is 23.8 Å². The van der Waals surface area contributed by atoms with Crippen molar-refractivity contribution >= 4 is 5.91 Å². The number of carbonyl (C=O) groups is 1. The van der Waals surface area contributed by atoms with Crippen molar-refractivity contribution in [2.75, 3.05) is 46.4 Å². The molecule has 0 unspecified atom stereocenters. The highest BCUT2D eigenvalue weighted by atomic mass is 16.5. The number of amides is 1. The van der Waals surface area contributed by atoms with Gasteiger partial charge in [-0.15, -0.1) is 0 Å². The van der Waals surface area contributed by atoms with Crippen molar-refractivity contribution < 1.29 is 9.53 Å². The Morgan fingerprint density at radius 2 is 2.11 bits per heavy atom. The van der Waals surface area contributed by atoms with Gasteiger partial charge in [-0.25, -0.2) is 9.97 Å². The van der Waals surface area contributed by atoms with Crippen LogP contribution in [0.1, 0.15) is 44.1 Å². The molecule has 3 heterocycles. The molecule has 1 atom stereocenters. The first-order valence-corrected chi connectivity index (χ1v) is 10.7. The van der Waals surface area contributed by atoms with Gasteiger partial charge in [-0.1, -0.05) is 6.92 Å². The molecule has 1 aromatic rings. The first kappa shape index (κ1) is 21.1. The Kier molecular flexibility index (Phi) is 8.18. The molecule has 28 heavy (non-hydrogen) atoms. The van der Waals surface area contributed by atoms with E-state index in [0.717, 1.165) is 63.5 Å². The number of ether oxygens (including phenoxy) is 1. The third kappa shape index (κ3) is 5.96. The Labute approximate surface area is 168 Å². The SMILES string of the molecule is CCc1nccc(CN2CCC(N3CCC[C@H](C(=O)NCCOC)C3)CC2)n1. The molecule has 0 aliphatic carbocycles. The molecule has 0 radical (unpaired) electrons. The zero-order valence-electron chi connectivity index (χ0n) is 17.4.